The Hall–Kier alpha value is -2.24. The maximum atomic E-state index is 12.3. The Kier molecular flexibility index (Phi) is 5.84. The van der Waals surface area contributed by atoms with E-state index in [2.05, 4.69) is 0 Å². The first-order valence-electron chi connectivity index (χ1n) is 7.89. The standard InChI is InChI=1S/C17H24N2O4/c1-19(12-6-4-3-5-7-12)16(20)11-23-15-10-13(22-2)8-9-14(15)17(18)21/h8-10,12H,3-7,11H2,1-2H3,(H2,18,21). The topological polar surface area (TPSA) is 81.9 Å². The van der Waals surface area contributed by atoms with Crippen LogP contribution >= 0.6 is 0 Å². The number of amides is 2. The van der Waals surface area contributed by atoms with Crippen LogP contribution in [0.1, 0.15) is 42.5 Å². The average molecular weight is 320 g/mol. The largest absolute Gasteiger partial charge is 0.497 e. The number of methoxy groups -OCH3 is 1. The molecule has 1 aromatic carbocycles. The Morgan fingerprint density at radius 1 is 1.26 bits per heavy atom. The van der Waals surface area contributed by atoms with Crippen molar-refractivity contribution >= 4 is 11.8 Å². The number of nitrogens with two attached hydrogens (primary N) is 1. The van der Waals surface area contributed by atoms with Crippen molar-refractivity contribution in [3.63, 3.8) is 0 Å². The summed E-state index contributed by atoms with van der Waals surface area (Å²) >= 11 is 0. The molecule has 0 bridgehead atoms. The smallest absolute Gasteiger partial charge is 0.260 e. The third-order valence-corrected chi connectivity index (χ3v) is 4.32. The van der Waals surface area contributed by atoms with E-state index < -0.39 is 5.91 Å². The number of ether oxygens (including phenoxy) is 2. The molecular formula is C17H24N2O4. The van der Waals surface area contributed by atoms with Gasteiger partial charge in [-0.1, -0.05) is 19.3 Å². The third kappa shape index (κ3) is 4.37. The van der Waals surface area contributed by atoms with Gasteiger partial charge in [-0.3, -0.25) is 9.59 Å². The van der Waals surface area contributed by atoms with Crippen LogP contribution in [0.4, 0.5) is 0 Å². The molecule has 2 rings (SSSR count). The van der Waals surface area contributed by atoms with Crippen LogP contribution in [-0.2, 0) is 4.79 Å². The Morgan fingerprint density at radius 2 is 1.96 bits per heavy atom. The monoisotopic (exact) mass is 320 g/mol. The number of hydrogen-bond acceptors (Lipinski definition) is 4. The van der Waals surface area contributed by atoms with Crippen LogP contribution in [-0.4, -0.2) is 43.5 Å². The molecule has 2 amide bonds. The second-order valence-electron chi connectivity index (χ2n) is 5.81. The number of carbonyl (C=O) groups excluding carboxylic acids is 2. The molecule has 0 spiro atoms. The Morgan fingerprint density at radius 3 is 2.57 bits per heavy atom. The van der Waals surface area contributed by atoms with E-state index in [0.29, 0.717) is 5.75 Å². The third-order valence-electron chi connectivity index (χ3n) is 4.32. The summed E-state index contributed by atoms with van der Waals surface area (Å²) in [5.41, 5.74) is 5.57. The van der Waals surface area contributed by atoms with Crippen LogP contribution in [0.15, 0.2) is 18.2 Å². The molecule has 6 heteroatoms. The Labute approximate surface area is 136 Å². The van der Waals surface area contributed by atoms with E-state index >= 15 is 0 Å². The number of carbonyl (C=O) groups is 2. The lowest BCUT2D eigenvalue weighted by molar-refractivity contribution is -0.134. The summed E-state index contributed by atoms with van der Waals surface area (Å²) in [5, 5.41) is 0. The molecule has 1 saturated carbocycles. The van der Waals surface area contributed by atoms with Crippen molar-refractivity contribution in [1.29, 1.82) is 0 Å². The molecule has 1 fully saturated rings. The molecule has 6 nitrogen and oxygen atoms in total. The van der Waals surface area contributed by atoms with Gasteiger partial charge in [-0.15, -0.1) is 0 Å². The molecule has 1 aliphatic carbocycles. The van der Waals surface area contributed by atoms with Gasteiger partial charge < -0.3 is 20.1 Å². The van der Waals surface area contributed by atoms with Gasteiger partial charge >= 0.3 is 0 Å². The second-order valence-corrected chi connectivity index (χ2v) is 5.81. The maximum absolute atomic E-state index is 12.3. The molecule has 2 N–H and O–H groups in total. The lowest BCUT2D eigenvalue weighted by Gasteiger charge is -2.31. The molecule has 0 aliphatic heterocycles. The van der Waals surface area contributed by atoms with Crippen molar-refractivity contribution in [1.82, 2.24) is 4.90 Å². The van der Waals surface area contributed by atoms with Gasteiger partial charge in [-0.05, 0) is 25.0 Å². The highest BCUT2D eigenvalue weighted by atomic mass is 16.5. The maximum Gasteiger partial charge on any atom is 0.260 e. The van der Waals surface area contributed by atoms with Crippen molar-refractivity contribution in [2.24, 2.45) is 5.73 Å². The molecule has 0 unspecified atom stereocenters. The number of primary amides is 1. The fourth-order valence-electron chi connectivity index (χ4n) is 2.87. The van der Waals surface area contributed by atoms with Crippen LogP contribution in [0.2, 0.25) is 0 Å². The van der Waals surface area contributed by atoms with Crippen LogP contribution in [0.25, 0.3) is 0 Å². The minimum absolute atomic E-state index is 0.102. The number of likely N-dealkylation sites (N-methyl/N-ethyl adjacent to an activating group) is 1. The summed E-state index contributed by atoms with van der Waals surface area (Å²) in [6, 6.07) is 5.00. The first kappa shape index (κ1) is 17.1. The molecule has 1 aliphatic rings. The van der Waals surface area contributed by atoms with Gasteiger partial charge in [0.15, 0.2) is 6.61 Å². The number of rotatable bonds is 6. The van der Waals surface area contributed by atoms with Crippen molar-refractivity contribution in [3.05, 3.63) is 23.8 Å². The summed E-state index contributed by atoms with van der Waals surface area (Å²) in [6.45, 7) is -0.125. The minimum atomic E-state index is -0.601. The predicted molar refractivity (Wildman–Crippen MR) is 86.6 cm³/mol. The SMILES string of the molecule is COc1ccc(C(N)=O)c(OCC(=O)N(C)C2CCCCC2)c1. The zero-order valence-electron chi connectivity index (χ0n) is 13.7. The van der Waals surface area contributed by atoms with Gasteiger partial charge in [0.2, 0.25) is 0 Å². The van der Waals surface area contributed by atoms with Gasteiger partial charge in [0.25, 0.3) is 11.8 Å². The van der Waals surface area contributed by atoms with Gasteiger partial charge in [0.1, 0.15) is 11.5 Å². The van der Waals surface area contributed by atoms with E-state index in [9.17, 15) is 9.59 Å². The fourth-order valence-corrected chi connectivity index (χ4v) is 2.87. The predicted octanol–water partition coefficient (Wildman–Crippen LogP) is 1.96. The fraction of sp³-hybridized carbons (Fsp3) is 0.529. The van der Waals surface area contributed by atoms with Gasteiger partial charge in [-0.2, -0.15) is 0 Å². The number of benzene rings is 1. The molecule has 126 valence electrons. The van der Waals surface area contributed by atoms with Crippen molar-refractivity contribution in [3.8, 4) is 11.5 Å². The highest BCUT2D eigenvalue weighted by Gasteiger charge is 2.22. The lowest BCUT2D eigenvalue weighted by atomic mass is 9.94. The highest BCUT2D eigenvalue weighted by molar-refractivity contribution is 5.96. The van der Waals surface area contributed by atoms with Gasteiger partial charge in [0, 0.05) is 19.2 Å². The van der Waals surface area contributed by atoms with E-state index in [0.717, 1.165) is 25.7 Å². The summed E-state index contributed by atoms with van der Waals surface area (Å²) in [7, 11) is 3.33. The number of hydrogen-bond donors (Lipinski definition) is 1. The molecule has 1 aromatic rings. The number of nitrogens with zero attached hydrogens (tertiary/aromatic N) is 1. The molecular weight excluding hydrogens is 296 g/mol. The van der Waals surface area contributed by atoms with Crippen molar-refractivity contribution < 1.29 is 19.1 Å². The summed E-state index contributed by atoms with van der Waals surface area (Å²) in [5.74, 6) is 0.103. The van der Waals surface area contributed by atoms with Gasteiger partial charge in [0.05, 0.1) is 12.7 Å². The second kappa shape index (κ2) is 7.85. The molecule has 23 heavy (non-hydrogen) atoms. The summed E-state index contributed by atoms with van der Waals surface area (Å²) in [4.78, 5) is 25.5. The molecule has 0 heterocycles. The van der Waals surface area contributed by atoms with Crippen LogP contribution in [0.5, 0.6) is 11.5 Å². The quantitative estimate of drug-likeness (QED) is 0.868. The Balaban J connectivity index is 2.01. The summed E-state index contributed by atoms with van der Waals surface area (Å²) < 4.78 is 10.7. The zero-order valence-corrected chi connectivity index (χ0v) is 13.7. The molecule has 0 radical (unpaired) electrons. The first-order chi connectivity index (χ1) is 11.0. The van der Waals surface area contributed by atoms with Crippen molar-refractivity contribution in [2.75, 3.05) is 20.8 Å². The first-order valence-corrected chi connectivity index (χ1v) is 7.89. The van der Waals surface area contributed by atoms with Crippen LogP contribution in [0, 0.1) is 0 Å². The van der Waals surface area contributed by atoms with Crippen LogP contribution in [0.3, 0.4) is 0 Å². The summed E-state index contributed by atoms with van der Waals surface area (Å²) in [6.07, 6.45) is 5.62. The van der Waals surface area contributed by atoms with E-state index in [1.54, 1.807) is 17.0 Å². The molecule has 0 aromatic heterocycles. The highest BCUT2D eigenvalue weighted by Crippen LogP contribution is 2.25. The van der Waals surface area contributed by atoms with Crippen molar-refractivity contribution in [2.45, 2.75) is 38.1 Å². The van der Waals surface area contributed by atoms with E-state index in [-0.39, 0.29) is 29.9 Å². The molecule has 0 saturated heterocycles. The average Bonchev–Trinajstić information content (AvgIpc) is 2.59. The van der Waals surface area contributed by atoms with E-state index in [1.807, 2.05) is 7.05 Å². The zero-order chi connectivity index (χ0) is 16.8. The van der Waals surface area contributed by atoms with Crippen LogP contribution < -0.4 is 15.2 Å². The minimum Gasteiger partial charge on any atom is -0.497 e. The van der Waals surface area contributed by atoms with E-state index in [1.165, 1.54) is 19.6 Å². The normalized spacial score (nSPS) is 15.0. The Bertz CT molecular complexity index is 568. The molecule has 0 atom stereocenters. The van der Waals surface area contributed by atoms with Gasteiger partial charge in [-0.25, -0.2) is 0 Å². The lowest BCUT2D eigenvalue weighted by Crippen LogP contribution is -2.40. The van der Waals surface area contributed by atoms with E-state index in [4.69, 9.17) is 15.2 Å².